The van der Waals surface area contributed by atoms with E-state index in [-0.39, 0.29) is 18.1 Å². The Hall–Kier alpha value is -0.790. The number of ether oxygens (including phenoxy) is 1. The van der Waals surface area contributed by atoms with E-state index in [1.165, 1.54) is 6.08 Å². The van der Waals surface area contributed by atoms with Gasteiger partial charge in [-0.1, -0.05) is 6.08 Å². The van der Waals surface area contributed by atoms with Crippen molar-refractivity contribution < 1.29 is 30.0 Å². The van der Waals surface area contributed by atoms with E-state index in [1.54, 1.807) is 6.08 Å². The molecule has 2 rings (SSSR count). The minimum Gasteiger partial charge on any atom is -0.394 e. The van der Waals surface area contributed by atoms with Crippen molar-refractivity contribution in [3.05, 3.63) is 12.2 Å². The first-order valence-corrected chi connectivity index (χ1v) is 6.04. The number of hydrogen-bond acceptors (Lipinski definition) is 6. The Kier molecular flexibility index (Phi) is 4.14. The lowest BCUT2D eigenvalue weighted by Crippen LogP contribution is -2.60. The highest BCUT2D eigenvalue weighted by molar-refractivity contribution is 5.90. The number of carbonyl (C=O) groups is 1. The van der Waals surface area contributed by atoms with Crippen LogP contribution in [0.3, 0.4) is 0 Å². The first-order valence-electron chi connectivity index (χ1n) is 6.04. The van der Waals surface area contributed by atoms with Gasteiger partial charge in [0, 0.05) is 6.42 Å². The maximum atomic E-state index is 11.3. The number of rotatable bonds is 2. The van der Waals surface area contributed by atoms with Crippen LogP contribution < -0.4 is 0 Å². The summed E-state index contributed by atoms with van der Waals surface area (Å²) in [5, 5.41) is 38.3. The fraction of sp³-hybridized carbons (Fsp3) is 0.750. The Morgan fingerprint density at radius 1 is 1.22 bits per heavy atom. The molecule has 6 nitrogen and oxygen atoms in total. The third-order valence-electron chi connectivity index (χ3n) is 3.60. The number of ketones is 1. The Bertz CT molecular complexity index is 339. The van der Waals surface area contributed by atoms with E-state index in [0.717, 1.165) is 0 Å². The predicted molar refractivity (Wildman–Crippen MR) is 60.6 cm³/mol. The molecule has 1 saturated heterocycles. The number of carbonyl (C=O) groups excluding carboxylic acids is 1. The standard InChI is InChI=1S/C12H18O6/c13-5-8-9(15)10(16)11(17)12(18-8)6-2-1-3-7(14)4-6/h1,3,6,8-13,15-17H,2,4-5H2/t6?,8-,9-,10+,11-,12?/m1/s1. The largest absolute Gasteiger partial charge is 0.394 e. The molecule has 18 heavy (non-hydrogen) atoms. The second-order valence-corrected chi connectivity index (χ2v) is 4.86. The average Bonchev–Trinajstić information content (AvgIpc) is 2.36. The van der Waals surface area contributed by atoms with E-state index < -0.39 is 37.1 Å². The highest BCUT2D eigenvalue weighted by atomic mass is 16.5. The molecule has 0 spiro atoms. The van der Waals surface area contributed by atoms with Crippen molar-refractivity contribution in [2.75, 3.05) is 6.61 Å². The normalized spacial score (nSPS) is 45.2. The predicted octanol–water partition coefficient (Wildman–Crippen LogP) is -1.64. The van der Waals surface area contributed by atoms with Crippen molar-refractivity contribution >= 4 is 5.78 Å². The number of aliphatic hydroxyl groups is 4. The van der Waals surface area contributed by atoms with Crippen LogP contribution in [-0.2, 0) is 9.53 Å². The van der Waals surface area contributed by atoms with Crippen molar-refractivity contribution in [1.29, 1.82) is 0 Å². The molecule has 1 aliphatic heterocycles. The van der Waals surface area contributed by atoms with Crippen molar-refractivity contribution in [3.63, 3.8) is 0 Å². The molecule has 6 atom stereocenters. The fourth-order valence-electron chi connectivity index (χ4n) is 2.55. The van der Waals surface area contributed by atoms with Crippen molar-refractivity contribution in [2.24, 2.45) is 5.92 Å². The van der Waals surface area contributed by atoms with E-state index in [4.69, 9.17) is 9.84 Å². The second kappa shape index (κ2) is 5.46. The minimum atomic E-state index is -1.37. The lowest BCUT2D eigenvalue weighted by Gasteiger charge is -2.43. The lowest BCUT2D eigenvalue weighted by molar-refractivity contribution is -0.241. The van der Waals surface area contributed by atoms with E-state index in [1.807, 2.05) is 0 Å². The molecular weight excluding hydrogens is 240 g/mol. The summed E-state index contributed by atoms with van der Waals surface area (Å²) >= 11 is 0. The summed E-state index contributed by atoms with van der Waals surface area (Å²) in [7, 11) is 0. The summed E-state index contributed by atoms with van der Waals surface area (Å²) < 4.78 is 5.42. The Morgan fingerprint density at radius 2 is 1.94 bits per heavy atom. The zero-order chi connectivity index (χ0) is 13.3. The van der Waals surface area contributed by atoms with Gasteiger partial charge in [0.05, 0.1) is 12.7 Å². The van der Waals surface area contributed by atoms with Gasteiger partial charge in [0.1, 0.15) is 24.4 Å². The Labute approximate surface area is 105 Å². The van der Waals surface area contributed by atoms with Crippen LogP contribution in [0.1, 0.15) is 12.8 Å². The number of aliphatic hydroxyl groups excluding tert-OH is 4. The smallest absolute Gasteiger partial charge is 0.155 e. The van der Waals surface area contributed by atoms with Crippen molar-refractivity contribution in [1.82, 2.24) is 0 Å². The van der Waals surface area contributed by atoms with Crippen LogP contribution in [0, 0.1) is 5.92 Å². The maximum Gasteiger partial charge on any atom is 0.155 e. The molecule has 102 valence electrons. The van der Waals surface area contributed by atoms with Gasteiger partial charge in [-0.3, -0.25) is 4.79 Å². The van der Waals surface area contributed by atoms with Crippen molar-refractivity contribution in [2.45, 2.75) is 43.4 Å². The second-order valence-electron chi connectivity index (χ2n) is 4.86. The molecular formula is C12H18O6. The third-order valence-corrected chi connectivity index (χ3v) is 3.60. The van der Waals surface area contributed by atoms with Crippen LogP contribution in [0.15, 0.2) is 12.2 Å². The summed E-state index contributed by atoms with van der Waals surface area (Å²) in [5.41, 5.74) is 0. The summed E-state index contributed by atoms with van der Waals surface area (Å²) in [4.78, 5) is 11.3. The van der Waals surface area contributed by atoms with Crippen LogP contribution in [-0.4, -0.2) is 63.3 Å². The summed E-state index contributed by atoms with van der Waals surface area (Å²) in [6.45, 7) is -0.446. The first-order chi connectivity index (χ1) is 8.54. The SMILES string of the molecule is O=C1C=CCC(C2O[C@H](CO)[C@@H](O)[C@H](O)[C@H]2O)C1. The van der Waals surface area contributed by atoms with Gasteiger partial charge in [-0.25, -0.2) is 0 Å². The minimum absolute atomic E-state index is 0.0526. The third kappa shape index (κ3) is 2.48. The molecule has 0 aromatic heterocycles. The van der Waals surface area contributed by atoms with E-state index >= 15 is 0 Å². The summed E-state index contributed by atoms with van der Waals surface area (Å²) in [6, 6.07) is 0. The van der Waals surface area contributed by atoms with Gasteiger partial charge >= 0.3 is 0 Å². The lowest BCUT2D eigenvalue weighted by atomic mass is 9.81. The molecule has 0 amide bonds. The van der Waals surface area contributed by atoms with Gasteiger partial charge in [0.15, 0.2) is 5.78 Å². The highest BCUT2D eigenvalue weighted by Gasteiger charge is 2.46. The molecule has 2 unspecified atom stereocenters. The molecule has 2 aliphatic rings. The Balaban J connectivity index is 2.11. The van der Waals surface area contributed by atoms with E-state index in [0.29, 0.717) is 6.42 Å². The molecule has 4 N–H and O–H groups in total. The first kappa shape index (κ1) is 13.6. The van der Waals surface area contributed by atoms with Gasteiger partial charge in [-0.2, -0.15) is 0 Å². The highest BCUT2D eigenvalue weighted by Crippen LogP contribution is 2.31. The van der Waals surface area contributed by atoms with Crippen LogP contribution >= 0.6 is 0 Å². The van der Waals surface area contributed by atoms with Crippen LogP contribution in [0.5, 0.6) is 0 Å². The van der Waals surface area contributed by atoms with Gasteiger partial charge < -0.3 is 25.2 Å². The Morgan fingerprint density at radius 3 is 2.56 bits per heavy atom. The zero-order valence-corrected chi connectivity index (χ0v) is 9.85. The molecule has 1 fully saturated rings. The maximum absolute atomic E-state index is 11.3. The number of hydrogen-bond donors (Lipinski definition) is 4. The molecule has 0 aromatic carbocycles. The number of allylic oxidation sites excluding steroid dienone is 2. The van der Waals surface area contributed by atoms with Crippen molar-refractivity contribution in [3.8, 4) is 0 Å². The van der Waals surface area contributed by atoms with Gasteiger partial charge in [-0.05, 0) is 18.4 Å². The van der Waals surface area contributed by atoms with E-state index in [2.05, 4.69) is 0 Å². The van der Waals surface area contributed by atoms with Crippen LogP contribution in [0.4, 0.5) is 0 Å². The fourth-order valence-corrected chi connectivity index (χ4v) is 2.55. The molecule has 0 bridgehead atoms. The van der Waals surface area contributed by atoms with Crippen LogP contribution in [0.2, 0.25) is 0 Å². The van der Waals surface area contributed by atoms with Gasteiger partial charge in [-0.15, -0.1) is 0 Å². The summed E-state index contributed by atoms with van der Waals surface area (Å²) in [6.07, 6.45) is -1.65. The molecule has 6 heteroatoms. The van der Waals surface area contributed by atoms with Crippen LogP contribution in [0.25, 0.3) is 0 Å². The summed E-state index contributed by atoms with van der Waals surface area (Å²) in [5.74, 6) is -0.295. The average molecular weight is 258 g/mol. The molecule has 1 aliphatic carbocycles. The van der Waals surface area contributed by atoms with Gasteiger partial charge in [0.25, 0.3) is 0 Å². The molecule has 0 saturated carbocycles. The van der Waals surface area contributed by atoms with E-state index in [9.17, 15) is 20.1 Å². The molecule has 1 heterocycles. The quantitative estimate of drug-likeness (QED) is 0.473. The van der Waals surface area contributed by atoms with Gasteiger partial charge in [0.2, 0.25) is 0 Å². The topological polar surface area (TPSA) is 107 Å². The molecule has 0 radical (unpaired) electrons. The monoisotopic (exact) mass is 258 g/mol. The molecule has 0 aromatic rings. The zero-order valence-electron chi connectivity index (χ0n) is 9.85.